The molecule has 0 unspecified atom stereocenters. The molecule has 122 valence electrons. The van der Waals surface area contributed by atoms with Crippen LogP contribution in [0.5, 0.6) is 0 Å². The maximum absolute atomic E-state index is 11.9. The van der Waals surface area contributed by atoms with Crippen molar-refractivity contribution in [3.8, 4) is 0 Å². The highest BCUT2D eigenvalue weighted by Crippen LogP contribution is 2.21. The smallest absolute Gasteiger partial charge is 0.244 e. The van der Waals surface area contributed by atoms with Crippen LogP contribution in [0, 0.1) is 0 Å². The Kier molecular flexibility index (Phi) is 5.06. The molecule has 1 saturated heterocycles. The molecule has 2 amide bonds. The average Bonchev–Trinajstić information content (AvgIpc) is 3.05. The summed E-state index contributed by atoms with van der Waals surface area (Å²) in [5.41, 5.74) is 2.92. The van der Waals surface area contributed by atoms with Gasteiger partial charge in [-0.05, 0) is 35.8 Å². The number of nitrogens with one attached hydrogen (secondary N) is 1. The van der Waals surface area contributed by atoms with Crippen molar-refractivity contribution in [2.45, 2.75) is 19.4 Å². The van der Waals surface area contributed by atoms with Gasteiger partial charge >= 0.3 is 0 Å². The minimum atomic E-state index is -0.127. The van der Waals surface area contributed by atoms with Gasteiger partial charge in [0.05, 0.1) is 0 Å². The van der Waals surface area contributed by atoms with E-state index in [9.17, 15) is 9.59 Å². The predicted molar refractivity (Wildman–Crippen MR) is 95.4 cm³/mol. The fraction of sp³-hybridized carbons (Fsp3) is 0.200. The fourth-order valence-corrected chi connectivity index (χ4v) is 2.70. The van der Waals surface area contributed by atoms with Crippen molar-refractivity contribution in [1.29, 1.82) is 0 Å². The first-order chi connectivity index (χ1) is 11.7. The van der Waals surface area contributed by atoms with Gasteiger partial charge in [0.15, 0.2) is 0 Å². The Morgan fingerprint density at radius 3 is 2.50 bits per heavy atom. The maximum Gasteiger partial charge on any atom is 0.244 e. The fourth-order valence-electron chi connectivity index (χ4n) is 2.70. The van der Waals surface area contributed by atoms with Crippen LogP contribution in [0.3, 0.4) is 0 Å². The van der Waals surface area contributed by atoms with Crippen LogP contribution in [0.15, 0.2) is 60.7 Å². The van der Waals surface area contributed by atoms with Gasteiger partial charge in [-0.15, -0.1) is 0 Å². The summed E-state index contributed by atoms with van der Waals surface area (Å²) in [4.78, 5) is 25.4. The molecule has 1 aliphatic heterocycles. The number of hydrogen-bond donors (Lipinski definition) is 1. The van der Waals surface area contributed by atoms with E-state index in [2.05, 4.69) is 5.32 Å². The number of hydrogen-bond acceptors (Lipinski definition) is 2. The summed E-state index contributed by atoms with van der Waals surface area (Å²) in [7, 11) is 0. The number of benzene rings is 2. The quantitative estimate of drug-likeness (QED) is 0.861. The summed E-state index contributed by atoms with van der Waals surface area (Å²) < 4.78 is 0. The molecule has 3 rings (SSSR count). The molecule has 1 heterocycles. The summed E-state index contributed by atoms with van der Waals surface area (Å²) in [5, 5.41) is 2.85. The maximum atomic E-state index is 11.9. The highest BCUT2D eigenvalue weighted by molar-refractivity contribution is 5.95. The van der Waals surface area contributed by atoms with Gasteiger partial charge in [0.2, 0.25) is 11.8 Å². The molecule has 0 saturated carbocycles. The molecule has 4 heteroatoms. The minimum Gasteiger partial charge on any atom is -0.348 e. The van der Waals surface area contributed by atoms with Gasteiger partial charge in [0.25, 0.3) is 0 Å². The van der Waals surface area contributed by atoms with E-state index in [0.717, 1.165) is 29.8 Å². The van der Waals surface area contributed by atoms with Crippen molar-refractivity contribution in [3.05, 3.63) is 71.8 Å². The lowest BCUT2D eigenvalue weighted by atomic mass is 10.2. The van der Waals surface area contributed by atoms with E-state index in [-0.39, 0.29) is 11.8 Å². The lowest BCUT2D eigenvalue weighted by molar-refractivity contribution is -0.117. The first kappa shape index (κ1) is 16.0. The van der Waals surface area contributed by atoms with E-state index in [0.29, 0.717) is 13.0 Å². The molecule has 0 aliphatic carbocycles. The van der Waals surface area contributed by atoms with Crippen molar-refractivity contribution in [2.24, 2.45) is 0 Å². The third-order valence-electron chi connectivity index (χ3n) is 4.01. The second kappa shape index (κ2) is 7.59. The van der Waals surface area contributed by atoms with Crippen LogP contribution in [0.4, 0.5) is 5.69 Å². The standard InChI is InChI=1S/C20H20N2O2/c23-19(21-15-17-5-2-1-3-6-17)13-10-16-8-11-18(12-9-16)22-14-4-7-20(22)24/h1-3,5-6,8-13H,4,7,14-15H2,(H,21,23)/b13-10+. The zero-order valence-electron chi connectivity index (χ0n) is 13.4. The molecule has 1 fully saturated rings. The van der Waals surface area contributed by atoms with Crippen LogP contribution in [-0.2, 0) is 16.1 Å². The number of anilines is 1. The predicted octanol–water partition coefficient (Wildman–Crippen LogP) is 3.14. The molecule has 0 spiro atoms. The van der Waals surface area contributed by atoms with Gasteiger partial charge < -0.3 is 10.2 Å². The SMILES string of the molecule is O=C(/C=C/c1ccc(N2CCCC2=O)cc1)NCc1ccccc1. The Balaban J connectivity index is 1.54. The van der Waals surface area contributed by atoms with E-state index in [1.807, 2.05) is 54.6 Å². The van der Waals surface area contributed by atoms with E-state index >= 15 is 0 Å². The molecule has 0 bridgehead atoms. The zero-order chi connectivity index (χ0) is 16.8. The molecular formula is C20H20N2O2. The average molecular weight is 320 g/mol. The van der Waals surface area contributed by atoms with E-state index in [1.54, 1.807) is 11.0 Å². The van der Waals surface area contributed by atoms with Gasteiger partial charge in [0.1, 0.15) is 0 Å². The second-order valence-corrected chi connectivity index (χ2v) is 5.78. The lowest BCUT2D eigenvalue weighted by Crippen LogP contribution is -2.23. The molecule has 0 atom stereocenters. The van der Waals surface area contributed by atoms with E-state index in [1.165, 1.54) is 6.08 Å². The summed E-state index contributed by atoms with van der Waals surface area (Å²) in [6, 6.07) is 17.5. The Hall–Kier alpha value is -2.88. The highest BCUT2D eigenvalue weighted by Gasteiger charge is 2.21. The molecule has 2 aromatic rings. The number of rotatable bonds is 5. The topological polar surface area (TPSA) is 49.4 Å². The number of nitrogens with zero attached hydrogens (tertiary/aromatic N) is 1. The summed E-state index contributed by atoms with van der Waals surface area (Å²) in [5.74, 6) is 0.0521. The normalized spacial score (nSPS) is 14.3. The van der Waals surface area contributed by atoms with Gasteiger partial charge in [-0.1, -0.05) is 42.5 Å². The third-order valence-corrected chi connectivity index (χ3v) is 4.01. The highest BCUT2D eigenvalue weighted by atomic mass is 16.2. The molecule has 4 nitrogen and oxygen atoms in total. The zero-order valence-corrected chi connectivity index (χ0v) is 13.4. The molecule has 24 heavy (non-hydrogen) atoms. The minimum absolute atomic E-state index is 0.127. The van der Waals surface area contributed by atoms with Crippen LogP contribution >= 0.6 is 0 Å². The van der Waals surface area contributed by atoms with Crippen molar-refractivity contribution in [1.82, 2.24) is 5.32 Å². The van der Waals surface area contributed by atoms with Gasteiger partial charge in [-0.25, -0.2) is 0 Å². The van der Waals surface area contributed by atoms with Crippen molar-refractivity contribution in [2.75, 3.05) is 11.4 Å². The van der Waals surface area contributed by atoms with Crippen LogP contribution in [0.25, 0.3) is 6.08 Å². The van der Waals surface area contributed by atoms with Gasteiger partial charge in [-0.2, -0.15) is 0 Å². The molecule has 2 aromatic carbocycles. The largest absolute Gasteiger partial charge is 0.348 e. The van der Waals surface area contributed by atoms with Gasteiger partial charge in [0, 0.05) is 31.3 Å². The van der Waals surface area contributed by atoms with Crippen molar-refractivity contribution >= 4 is 23.6 Å². The summed E-state index contributed by atoms with van der Waals surface area (Å²) in [6.07, 6.45) is 4.85. The van der Waals surface area contributed by atoms with Crippen molar-refractivity contribution < 1.29 is 9.59 Å². The molecular weight excluding hydrogens is 300 g/mol. The van der Waals surface area contributed by atoms with Crippen LogP contribution in [0.2, 0.25) is 0 Å². The number of amides is 2. The molecule has 1 aliphatic rings. The van der Waals surface area contributed by atoms with Crippen LogP contribution < -0.4 is 10.2 Å². The number of carbonyl (C=O) groups is 2. The third kappa shape index (κ3) is 4.10. The van der Waals surface area contributed by atoms with Gasteiger partial charge in [-0.3, -0.25) is 9.59 Å². The number of carbonyl (C=O) groups excluding carboxylic acids is 2. The summed E-state index contributed by atoms with van der Waals surface area (Å²) >= 11 is 0. The van der Waals surface area contributed by atoms with E-state index < -0.39 is 0 Å². The van der Waals surface area contributed by atoms with Crippen molar-refractivity contribution in [3.63, 3.8) is 0 Å². The molecule has 0 aromatic heterocycles. The second-order valence-electron chi connectivity index (χ2n) is 5.78. The first-order valence-electron chi connectivity index (χ1n) is 8.13. The first-order valence-corrected chi connectivity index (χ1v) is 8.13. The Morgan fingerprint density at radius 1 is 1.08 bits per heavy atom. The molecule has 1 N–H and O–H groups in total. The molecule has 0 radical (unpaired) electrons. The van der Waals surface area contributed by atoms with Crippen LogP contribution in [-0.4, -0.2) is 18.4 Å². The Labute approximate surface area is 141 Å². The lowest BCUT2D eigenvalue weighted by Gasteiger charge is -2.15. The Morgan fingerprint density at radius 2 is 1.83 bits per heavy atom. The van der Waals surface area contributed by atoms with Crippen LogP contribution in [0.1, 0.15) is 24.0 Å². The van der Waals surface area contributed by atoms with E-state index in [4.69, 9.17) is 0 Å². The Bertz CT molecular complexity index is 736. The monoisotopic (exact) mass is 320 g/mol. The summed E-state index contributed by atoms with van der Waals surface area (Å²) in [6.45, 7) is 1.30.